The number of benzene rings is 2. The van der Waals surface area contributed by atoms with E-state index in [1.54, 1.807) is 39.5 Å². The molecule has 0 atom stereocenters. The van der Waals surface area contributed by atoms with E-state index in [0.29, 0.717) is 41.8 Å². The van der Waals surface area contributed by atoms with Crippen molar-refractivity contribution in [2.45, 2.75) is 13.1 Å². The van der Waals surface area contributed by atoms with Crippen LogP contribution >= 0.6 is 0 Å². The normalized spacial score (nSPS) is 12.5. The number of aromatic carboxylic acids is 1. The Balaban J connectivity index is 1.86. The molecule has 0 radical (unpaired) electrons. The predicted molar refractivity (Wildman–Crippen MR) is 114 cm³/mol. The summed E-state index contributed by atoms with van der Waals surface area (Å²) < 4.78 is 22.5. The molecule has 1 N–H and O–H groups in total. The summed E-state index contributed by atoms with van der Waals surface area (Å²) in [6.45, 7) is 0.959. The van der Waals surface area contributed by atoms with Crippen molar-refractivity contribution in [2.24, 2.45) is 0 Å². The van der Waals surface area contributed by atoms with Crippen molar-refractivity contribution < 1.29 is 28.8 Å². The summed E-state index contributed by atoms with van der Waals surface area (Å²) in [7, 11) is 4.75. The third kappa shape index (κ3) is 4.05. The maximum Gasteiger partial charge on any atom is 0.354 e. The number of hydrogen-bond acceptors (Lipinski definition) is 7. The summed E-state index contributed by atoms with van der Waals surface area (Å²) in [5, 5.41) is 9.36. The molecule has 3 aromatic rings. The van der Waals surface area contributed by atoms with Gasteiger partial charge in [0.05, 0.1) is 21.3 Å². The maximum atomic E-state index is 11.4. The lowest BCUT2D eigenvalue weighted by Gasteiger charge is -2.30. The maximum absolute atomic E-state index is 11.4. The summed E-state index contributed by atoms with van der Waals surface area (Å²) in [5.41, 5.74) is 2.50. The lowest BCUT2D eigenvalue weighted by Crippen LogP contribution is -2.24. The molecule has 8 heteroatoms. The number of rotatable bonds is 5. The van der Waals surface area contributed by atoms with Gasteiger partial charge in [-0.15, -0.1) is 0 Å². The molecule has 0 fully saturated rings. The van der Waals surface area contributed by atoms with Gasteiger partial charge in [-0.3, -0.25) is 0 Å². The number of nitrogens with zero attached hydrogens (tertiary/aromatic N) is 2. The predicted octanol–water partition coefficient (Wildman–Crippen LogP) is 4.12. The number of aromatic nitrogens is 1. The Hall–Kier alpha value is -3.94. The van der Waals surface area contributed by atoms with Gasteiger partial charge in [0.25, 0.3) is 0 Å². The average Bonchev–Trinajstić information content (AvgIpc) is 2.78. The number of hydrogen-bond donors (Lipinski definition) is 1. The SMILES string of the molecule is COc1ccc2c(c1)Oc1cc(OC)c(OC)cc1CN(c1ccnc(C(=O)O)c1)C2. The number of carboxylic acid groups (broad SMARTS) is 1. The molecule has 0 amide bonds. The third-order valence-corrected chi connectivity index (χ3v) is 5.11. The Morgan fingerprint density at radius 3 is 2.35 bits per heavy atom. The summed E-state index contributed by atoms with van der Waals surface area (Å²) in [4.78, 5) is 17.4. The highest BCUT2D eigenvalue weighted by molar-refractivity contribution is 5.86. The van der Waals surface area contributed by atoms with Crippen LogP contribution in [0.4, 0.5) is 5.69 Å². The lowest BCUT2D eigenvalue weighted by atomic mass is 10.1. The number of carbonyl (C=O) groups is 1. The first-order valence-electron chi connectivity index (χ1n) is 9.56. The van der Waals surface area contributed by atoms with Gasteiger partial charge in [0, 0.05) is 48.2 Å². The molecule has 0 bridgehead atoms. The molecule has 0 aliphatic carbocycles. The number of pyridine rings is 1. The number of carboxylic acids is 1. The third-order valence-electron chi connectivity index (χ3n) is 5.11. The molecule has 0 spiro atoms. The van der Waals surface area contributed by atoms with Crippen LogP contribution in [-0.2, 0) is 13.1 Å². The van der Waals surface area contributed by atoms with Crippen LogP contribution in [0.25, 0.3) is 0 Å². The standard InChI is InChI=1S/C23H22N2O6/c1-28-17-5-4-14-12-25(16-6-7-24-18(9-16)23(26)27)13-15-8-21(29-2)22(30-3)11-20(15)31-19(14)10-17/h4-11H,12-13H2,1-3H3,(H,26,27). The van der Waals surface area contributed by atoms with Crippen molar-refractivity contribution in [3.63, 3.8) is 0 Å². The van der Waals surface area contributed by atoms with E-state index in [4.69, 9.17) is 18.9 Å². The molecule has 2 aromatic carbocycles. The minimum atomic E-state index is -1.07. The summed E-state index contributed by atoms with van der Waals surface area (Å²) in [5.74, 6) is 1.99. The Bertz CT molecular complexity index is 1130. The van der Waals surface area contributed by atoms with Crippen LogP contribution in [0.3, 0.4) is 0 Å². The topological polar surface area (TPSA) is 90.4 Å². The van der Waals surface area contributed by atoms with Gasteiger partial charge in [-0.05, 0) is 30.3 Å². The molecular weight excluding hydrogens is 400 g/mol. The smallest absolute Gasteiger partial charge is 0.354 e. The fourth-order valence-corrected chi connectivity index (χ4v) is 3.51. The van der Waals surface area contributed by atoms with Gasteiger partial charge in [-0.25, -0.2) is 9.78 Å². The highest BCUT2D eigenvalue weighted by Gasteiger charge is 2.22. The monoisotopic (exact) mass is 422 g/mol. The number of fused-ring (bicyclic) bond motifs is 2. The molecule has 31 heavy (non-hydrogen) atoms. The molecule has 1 aliphatic heterocycles. The first-order chi connectivity index (χ1) is 15.0. The van der Waals surface area contributed by atoms with E-state index in [0.717, 1.165) is 16.8 Å². The molecule has 4 rings (SSSR count). The molecule has 1 aliphatic rings. The highest BCUT2D eigenvalue weighted by atomic mass is 16.5. The molecule has 160 valence electrons. The van der Waals surface area contributed by atoms with Crippen molar-refractivity contribution in [3.05, 3.63) is 65.5 Å². The molecule has 2 heterocycles. The van der Waals surface area contributed by atoms with Crippen LogP contribution in [0.15, 0.2) is 48.7 Å². The van der Waals surface area contributed by atoms with Gasteiger partial charge in [-0.1, -0.05) is 0 Å². The van der Waals surface area contributed by atoms with E-state index in [-0.39, 0.29) is 5.69 Å². The zero-order valence-corrected chi connectivity index (χ0v) is 17.4. The Labute approximate surface area is 179 Å². The molecule has 1 aromatic heterocycles. The second-order valence-electron chi connectivity index (χ2n) is 6.95. The van der Waals surface area contributed by atoms with E-state index in [1.165, 1.54) is 6.20 Å². The van der Waals surface area contributed by atoms with Crippen LogP contribution in [-0.4, -0.2) is 37.4 Å². The lowest BCUT2D eigenvalue weighted by molar-refractivity contribution is 0.0690. The van der Waals surface area contributed by atoms with Crippen molar-refractivity contribution in [1.82, 2.24) is 4.98 Å². The van der Waals surface area contributed by atoms with Crippen molar-refractivity contribution in [1.29, 1.82) is 0 Å². The van der Waals surface area contributed by atoms with Gasteiger partial charge in [-0.2, -0.15) is 0 Å². The summed E-state index contributed by atoms with van der Waals surface area (Å²) >= 11 is 0. The first kappa shape index (κ1) is 20.3. The van der Waals surface area contributed by atoms with Crippen molar-refractivity contribution >= 4 is 11.7 Å². The minimum absolute atomic E-state index is 0.0155. The molecule has 0 unspecified atom stereocenters. The molecular formula is C23H22N2O6. The fourth-order valence-electron chi connectivity index (χ4n) is 3.51. The summed E-state index contributed by atoms with van der Waals surface area (Å²) in [6.07, 6.45) is 1.50. The Kier molecular flexibility index (Phi) is 5.53. The van der Waals surface area contributed by atoms with Crippen LogP contribution in [0.1, 0.15) is 21.6 Å². The number of methoxy groups -OCH3 is 3. The van der Waals surface area contributed by atoms with Crippen LogP contribution < -0.4 is 23.8 Å². The Morgan fingerprint density at radius 2 is 1.65 bits per heavy atom. The number of anilines is 1. The zero-order chi connectivity index (χ0) is 22.0. The number of ether oxygens (including phenoxy) is 4. The van der Waals surface area contributed by atoms with Gasteiger partial charge in [0.1, 0.15) is 22.9 Å². The van der Waals surface area contributed by atoms with Crippen LogP contribution in [0, 0.1) is 0 Å². The van der Waals surface area contributed by atoms with E-state index in [1.807, 2.05) is 24.3 Å². The second-order valence-corrected chi connectivity index (χ2v) is 6.95. The van der Waals surface area contributed by atoms with Crippen molar-refractivity contribution in [2.75, 3.05) is 26.2 Å². The first-order valence-corrected chi connectivity index (χ1v) is 9.56. The van der Waals surface area contributed by atoms with E-state index in [2.05, 4.69) is 9.88 Å². The van der Waals surface area contributed by atoms with Crippen molar-refractivity contribution in [3.8, 4) is 28.7 Å². The summed E-state index contributed by atoms with van der Waals surface area (Å²) in [6, 6.07) is 12.6. The molecule has 0 saturated heterocycles. The highest BCUT2D eigenvalue weighted by Crippen LogP contribution is 2.41. The zero-order valence-electron chi connectivity index (χ0n) is 17.4. The van der Waals surface area contributed by atoms with E-state index in [9.17, 15) is 9.90 Å². The van der Waals surface area contributed by atoms with E-state index < -0.39 is 5.97 Å². The van der Waals surface area contributed by atoms with Gasteiger partial charge in [0.15, 0.2) is 11.5 Å². The molecule has 0 saturated carbocycles. The quantitative estimate of drug-likeness (QED) is 0.657. The average molecular weight is 422 g/mol. The Morgan fingerprint density at radius 1 is 0.935 bits per heavy atom. The second kappa shape index (κ2) is 8.43. The van der Waals surface area contributed by atoms with E-state index >= 15 is 0 Å². The van der Waals surface area contributed by atoms with Gasteiger partial charge in [0.2, 0.25) is 0 Å². The fraction of sp³-hybridized carbons (Fsp3) is 0.217. The van der Waals surface area contributed by atoms with Crippen LogP contribution in [0.5, 0.6) is 28.7 Å². The molecule has 8 nitrogen and oxygen atoms in total. The largest absolute Gasteiger partial charge is 0.497 e. The van der Waals surface area contributed by atoms with Gasteiger partial charge >= 0.3 is 5.97 Å². The minimum Gasteiger partial charge on any atom is -0.497 e. The van der Waals surface area contributed by atoms with Crippen LogP contribution in [0.2, 0.25) is 0 Å². The van der Waals surface area contributed by atoms with Gasteiger partial charge < -0.3 is 29.0 Å².